The molecule has 1 atom stereocenters. The number of aromatic nitrogens is 1. The molecule has 0 bridgehead atoms. The Kier molecular flexibility index (Phi) is 8.02. The van der Waals surface area contributed by atoms with Gasteiger partial charge in [0.15, 0.2) is 8.32 Å². The number of hydrogen-bond acceptors (Lipinski definition) is 3. The lowest BCUT2D eigenvalue weighted by atomic mass is 9.92. The van der Waals surface area contributed by atoms with Crippen LogP contribution in [0.5, 0.6) is 0 Å². The first-order valence-electron chi connectivity index (χ1n) is 12.8. The average molecular weight is 534 g/mol. The minimum Gasteiger partial charge on any atom is -0.414 e. The predicted octanol–water partition coefficient (Wildman–Crippen LogP) is 7.78. The minimum absolute atomic E-state index is 0.0574. The molecule has 2 aliphatic rings. The van der Waals surface area contributed by atoms with E-state index >= 15 is 0 Å². The van der Waals surface area contributed by atoms with Gasteiger partial charge in [0, 0.05) is 47.0 Å². The third-order valence-electron chi connectivity index (χ3n) is 8.31. The van der Waals surface area contributed by atoms with Crippen LogP contribution in [0.4, 0.5) is 0 Å². The largest absolute Gasteiger partial charge is 0.414 e. The molecule has 1 amide bonds. The summed E-state index contributed by atoms with van der Waals surface area (Å²) in [5.41, 5.74) is 2.85. The molecule has 1 aliphatic carbocycles. The van der Waals surface area contributed by atoms with E-state index in [1.165, 1.54) is 0 Å². The zero-order valence-corrected chi connectivity index (χ0v) is 24.1. The lowest BCUT2D eigenvalue weighted by Gasteiger charge is -2.42. The van der Waals surface area contributed by atoms with Crippen LogP contribution in [0.25, 0.3) is 11.1 Å². The Morgan fingerprint density at radius 3 is 2.17 bits per heavy atom. The third kappa shape index (κ3) is 5.95. The summed E-state index contributed by atoms with van der Waals surface area (Å²) in [6, 6.07) is 8.09. The molecule has 1 aromatic carbocycles. The number of amides is 1. The van der Waals surface area contributed by atoms with Crippen molar-refractivity contribution in [2.45, 2.75) is 89.6 Å². The molecule has 0 radical (unpaired) electrons. The average Bonchev–Trinajstić information content (AvgIpc) is 3.16. The molecule has 1 unspecified atom stereocenters. The van der Waals surface area contributed by atoms with Crippen molar-refractivity contribution in [2.24, 2.45) is 5.92 Å². The van der Waals surface area contributed by atoms with Gasteiger partial charge in [-0.1, -0.05) is 44.0 Å². The topological polar surface area (TPSA) is 42.4 Å². The van der Waals surface area contributed by atoms with Crippen molar-refractivity contribution < 1.29 is 9.22 Å². The lowest BCUT2D eigenvalue weighted by molar-refractivity contribution is -0.133. The van der Waals surface area contributed by atoms with Crippen LogP contribution in [0.2, 0.25) is 28.2 Å². The van der Waals surface area contributed by atoms with Crippen LogP contribution in [0, 0.1) is 5.92 Å². The Bertz CT molecular complexity index is 1020. The summed E-state index contributed by atoms with van der Waals surface area (Å²) in [5, 5.41) is 1.47. The minimum atomic E-state index is -1.76. The molecule has 4 rings (SSSR count). The lowest BCUT2D eigenvalue weighted by Crippen LogP contribution is -2.47. The summed E-state index contributed by atoms with van der Waals surface area (Å²) < 4.78 is 6.65. The van der Waals surface area contributed by atoms with Gasteiger partial charge in [-0.05, 0) is 97.6 Å². The second-order valence-corrected chi connectivity index (χ2v) is 17.3. The number of carbonyl (C=O) groups is 1. The zero-order valence-electron chi connectivity index (χ0n) is 21.6. The van der Waals surface area contributed by atoms with Crippen LogP contribution in [0.3, 0.4) is 0 Å². The van der Waals surface area contributed by atoms with Crippen LogP contribution in [0.15, 0.2) is 36.7 Å². The molecule has 2 heterocycles. The van der Waals surface area contributed by atoms with Gasteiger partial charge in [-0.3, -0.25) is 9.78 Å². The Hall–Kier alpha value is -1.40. The van der Waals surface area contributed by atoms with Gasteiger partial charge in [0.2, 0.25) is 5.91 Å². The molecule has 4 nitrogen and oxygen atoms in total. The molecule has 190 valence electrons. The van der Waals surface area contributed by atoms with Gasteiger partial charge in [0.1, 0.15) is 0 Å². The number of rotatable bonds is 6. The summed E-state index contributed by atoms with van der Waals surface area (Å²) in [6.07, 6.45) is 9.43. The highest BCUT2D eigenvalue weighted by molar-refractivity contribution is 6.74. The maximum atomic E-state index is 13.4. The fourth-order valence-corrected chi connectivity index (χ4v) is 7.20. The van der Waals surface area contributed by atoms with Crippen molar-refractivity contribution in [1.82, 2.24) is 9.88 Å². The highest BCUT2D eigenvalue weighted by Crippen LogP contribution is 2.40. The molecule has 1 aromatic heterocycles. The molecule has 0 spiro atoms. The first kappa shape index (κ1) is 26.7. The first-order valence-corrected chi connectivity index (χ1v) is 16.5. The molecule has 0 N–H and O–H groups in total. The van der Waals surface area contributed by atoms with E-state index in [1.807, 2.05) is 24.3 Å². The second-order valence-electron chi connectivity index (χ2n) is 11.7. The van der Waals surface area contributed by atoms with E-state index in [0.717, 1.165) is 55.3 Å². The van der Waals surface area contributed by atoms with Gasteiger partial charge in [0.25, 0.3) is 0 Å². The molecule has 2 fully saturated rings. The molecule has 1 saturated heterocycles. The van der Waals surface area contributed by atoms with Gasteiger partial charge < -0.3 is 9.33 Å². The summed E-state index contributed by atoms with van der Waals surface area (Å²) in [4.78, 5) is 19.6. The highest BCUT2D eigenvalue weighted by atomic mass is 35.5. The molecule has 35 heavy (non-hydrogen) atoms. The van der Waals surface area contributed by atoms with Gasteiger partial charge >= 0.3 is 0 Å². The number of benzene rings is 1. The Balaban J connectivity index is 1.36. The van der Waals surface area contributed by atoms with Crippen molar-refractivity contribution >= 4 is 37.4 Å². The van der Waals surface area contributed by atoms with Crippen LogP contribution in [-0.4, -0.2) is 42.8 Å². The fourth-order valence-electron chi connectivity index (χ4n) is 5.14. The maximum Gasteiger partial charge on any atom is 0.226 e. The summed E-state index contributed by atoms with van der Waals surface area (Å²) in [7, 11) is -1.76. The maximum absolute atomic E-state index is 13.4. The number of nitrogens with zero attached hydrogens (tertiary/aromatic N) is 2. The van der Waals surface area contributed by atoms with E-state index in [9.17, 15) is 4.79 Å². The molecular formula is C28H38Cl2N2O2Si. The van der Waals surface area contributed by atoms with Gasteiger partial charge in [0.05, 0.1) is 0 Å². The normalized spacial score (nSPS) is 23.7. The standard InChI is InChI=1S/C28H38Cl2N2O2Si/c1-28(2,3)35(4,5)34-23-8-6-22(7-9-23)32-15-12-20(27(32)33)16-24-25(29)17-21(18-26(24)30)19-10-13-31-14-11-19/h10-11,13-14,17-18,20,22-23H,6-9,12,15-16H2,1-5H3. The van der Waals surface area contributed by atoms with E-state index in [1.54, 1.807) is 12.4 Å². The number of hydrogen-bond donors (Lipinski definition) is 0. The van der Waals surface area contributed by atoms with Crippen LogP contribution in [0.1, 0.15) is 58.4 Å². The SMILES string of the molecule is CC(C)(C)[Si](C)(C)OC1CCC(N2CCC(Cc3c(Cl)cc(-c4ccncc4)cc3Cl)C2=O)CC1. The first-order chi connectivity index (χ1) is 16.5. The van der Waals surface area contributed by atoms with Crippen molar-refractivity contribution in [3.63, 3.8) is 0 Å². The molecule has 1 aliphatic heterocycles. The van der Waals surface area contributed by atoms with E-state index in [2.05, 4.69) is 43.7 Å². The Labute approximate surface area is 221 Å². The van der Waals surface area contributed by atoms with Crippen molar-refractivity contribution in [3.8, 4) is 11.1 Å². The van der Waals surface area contributed by atoms with Crippen molar-refractivity contribution in [1.29, 1.82) is 0 Å². The van der Waals surface area contributed by atoms with E-state index < -0.39 is 8.32 Å². The number of halogens is 2. The molecule has 2 aromatic rings. The highest BCUT2D eigenvalue weighted by Gasteiger charge is 2.42. The van der Waals surface area contributed by atoms with Crippen LogP contribution < -0.4 is 0 Å². The fraction of sp³-hybridized carbons (Fsp3) is 0.571. The van der Waals surface area contributed by atoms with Gasteiger partial charge in [-0.25, -0.2) is 0 Å². The number of pyridine rings is 1. The van der Waals surface area contributed by atoms with Crippen molar-refractivity contribution in [2.75, 3.05) is 6.54 Å². The van der Waals surface area contributed by atoms with E-state index in [0.29, 0.717) is 28.6 Å². The van der Waals surface area contributed by atoms with Gasteiger partial charge in [-0.2, -0.15) is 0 Å². The summed E-state index contributed by atoms with van der Waals surface area (Å²) in [6.45, 7) is 12.4. The Morgan fingerprint density at radius 2 is 1.60 bits per heavy atom. The monoisotopic (exact) mass is 532 g/mol. The Morgan fingerprint density at radius 1 is 1.00 bits per heavy atom. The van der Waals surface area contributed by atoms with Crippen molar-refractivity contribution in [3.05, 3.63) is 52.3 Å². The quantitative estimate of drug-likeness (QED) is 0.356. The van der Waals surface area contributed by atoms with Gasteiger partial charge in [-0.15, -0.1) is 0 Å². The third-order valence-corrected chi connectivity index (χ3v) is 13.5. The molecular weight excluding hydrogens is 495 g/mol. The summed E-state index contributed by atoms with van der Waals surface area (Å²) >= 11 is 13.3. The van der Waals surface area contributed by atoms with E-state index in [4.69, 9.17) is 27.6 Å². The number of likely N-dealkylation sites (tertiary alicyclic amines) is 1. The molecule has 7 heteroatoms. The predicted molar refractivity (Wildman–Crippen MR) is 148 cm³/mol. The smallest absolute Gasteiger partial charge is 0.226 e. The zero-order chi connectivity index (χ0) is 25.4. The molecule has 1 saturated carbocycles. The van der Waals surface area contributed by atoms with Crippen LogP contribution >= 0.6 is 23.2 Å². The number of carbonyl (C=O) groups excluding carboxylic acids is 1. The summed E-state index contributed by atoms with van der Waals surface area (Å²) in [5.74, 6) is 0.196. The van der Waals surface area contributed by atoms with E-state index in [-0.39, 0.29) is 16.9 Å². The second kappa shape index (κ2) is 10.5. The van der Waals surface area contributed by atoms with Crippen LogP contribution in [-0.2, 0) is 15.6 Å².